The van der Waals surface area contributed by atoms with Crippen LogP contribution in [-0.4, -0.2) is 20.5 Å². The molecule has 1 heterocycles. The summed E-state index contributed by atoms with van der Waals surface area (Å²) in [4.78, 5) is 22.3. The molecule has 0 saturated heterocycles. The number of carbonyl (C=O) groups excluding carboxylic acids is 1. The number of halogens is 1. The third kappa shape index (κ3) is 2.93. The molecule has 2 aromatic rings. The van der Waals surface area contributed by atoms with Gasteiger partial charge in [0.15, 0.2) is 5.78 Å². The molecule has 1 aromatic heterocycles. The lowest BCUT2D eigenvalue weighted by Crippen LogP contribution is -2.12. The summed E-state index contributed by atoms with van der Waals surface area (Å²) >= 11 is 3.05. The van der Waals surface area contributed by atoms with Gasteiger partial charge in [-0.15, -0.1) is 0 Å². The smallest absolute Gasteiger partial charge is 0.358 e. The molecule has 0 saturated carbocycles. The third-order valence-corrected chi connectivity index (χ3v) is 3.43. The van der Waals surface area contributed by atoms with E-state index in [-0.39, 0.29) is 22.6 Å². The molecular formula is C13H12BrN3O3. The van der Waals surface area contributed by atoms with Gasteiger partial charge in [0, 0.05) is 5.56 Å². The average molecular weight is 338 g/mol. The number of nitrogens with zero attached hydrogens (tertiary/aromatic N) is 3. The van der Waals surface area contributed by atoms with Gasteiger partial charge in [0.25, 0.3) is 0 Å². The number of benzene rings is 1. The van der Waals surface area contributed by atoms with Gasteiger partial charge in [0.05, 0.1) is 11.3 Å². The van der Waals surface area contributed by atoms with Crippen LogP contribution in [0.25, 0.3) is 0 Å². The van der Waals surface area contributed by atoms with Gasteiger partial charge in [-0.3, -0.25) is 4.79 Å². The predicted molar refractivity (Wildman–Crippen MR) is 76.8 cm³/mol. The molecule has 104 valence electrons. The molecule has 0 bridgehead atoms. The maximum atomic E-state index is 12.2. The quantitative estimate of drug-likeness (QED) is 0.488. The van der Waals surface area contributed by atoms with E-state index in [2.05, 4.69) is 21.0 Å². The van der Waals surface area contributed by atoms with Crippen molar-refractivity contribution < 1.29 is 9.72 Å². The molecule has 0 N–H and O–H groups in total. The van der Waals surface area contributed by atoms with Gasteiger partial charge in [-0.05, 0) is 46.3 Å². The summed E-state index contributed by atoms with van der Waals surface area (Å²) < 4.78 is 1.53. The van der Waals surface area contributed by atoms with E-state index in [1.807, 2.05) is 32.0 Å². The van der Waals surface area contributed by atoms with Crippen molar-refractivity contribution in [1.29, 1.82) is 0 Å². The van der Waals surface area contributed by atoms with Crippen molar-refractivity contribution in [1.82, 2.24) is 9.78 Å². The summed E-state index contributed by atoms with van der Waals surface area (Å²) in [5.41, 5.74) is 2.48. The number of hydrogen-bond acceptors (Lipinski definition) is 4. The summed E-state index contributed by atoms with van der Waals surface area (Å²) in [6, 6.07) is 5.62. The fourth-order valence-corrected chi connectivity index (χ4v) is 2.32. The normalized spacial score (nSPS) is 10.6. The molecule has 6 nitrogen and oxygen atoms in total. The first-order valence-electron chi connectivity index (χ1n) is 5.86. The second-order valence-electron chi connectivity index (χ2n) is 4.50. The minimum absolute atomic E-state index is 0.0310. The van der Waals surface area contributed by atoms with Crippen molar-refractivity contribution >= 4 is 27.5 Å². The van der Waals surface area contributed by atoms with Gasteiger partial charge in [0.1, 0.15) is 11.0 Å². The zero-order valence-electron chi connectivity index (χ0n) is 11.0. The molecule has 0 aliphatic carbocycles. The molecule has 0 unspecified atom stereocenters. The predicted octanol–water partition coefficient (Wildman–Crippen LogP) is 3.05. The minimum atomic E-state index is -0.594. The van der Waals surface area contributed by atoms with E-state index in [1.165, 1.54) is 10.9 Å². The number of nitro groups is 1. The second kappa shape index (κ2) is 5.54. The van der Waals surface area contributed by atoms with E-state index in [1.54, 1.807) is 0 Å². The zero-order chi connectivity index (χ0) is 14.9. The molecule has 0 aliphatic heterocycles. The number of aryl methyl sites for hydroxylation is 2. The Morgan fingerprint density at radius 3 is 2.75 bits per heavy atom. The van der Waals surface area contributed by atoms with E-state index in [9.17, 15) is 14.9 Å². The maximum absolute atomic E-state index is 12.2. The summed E-state index contributed by atoms with van der Waals surface area (Å²) in [5, 5.41) is 14.5. The molecule has 0 atom stereocenters. The molecular weight excluding hydrogens is 326 g/mol. The fourth-order valence-electron chi connectivity index (χ4n) is 1.86. The van der Waals surface area contributed by atoms with Crippen LogP contribution in [0.15, 0.2) is 28.9 Å². The van der Waals surface area contributed by atoms with Gasteiger partial charge in [0.2, 0.25) is 0 Å². The fraction of sp³-hybridized carbons (Fsp3) is 0.231. The number of aromatic nitrogens is 2. The third-order valence-electron chi connectivity index (χ3n) is 2.87. The van der Waals surface area contributed by atoms with Crippen molar-refractivity contribution in [3.8, 4) is 0 Å². The molecule has 0 radical (unpaired) electrons. The molecule has 7 heteroatoms. The van der Waals surface area contributed by atoms with Crippen molar-refractivity contribution in [3.05, 3.63) is 55.7 Å². The molecule has 2 rings (SSSR count). The SMILES string of the molecule is Cc1ccc(C)c(C(=O)Cn2cc(Br)c([N+](=O)[O-])n2)c1. The Bertz CT molecular complexity index is 694. The Morgan fingerprint density at radius 1 is 1.45 bits per heavy atom. The van der Waals surface area contributed by atoms with Gasteiger partial charge in [-0.2, -0.15) is 4.68 Å². The number of Topliss-reactive ketones (excluding diaryl/α,β-unsaturated/α-hetero) is 1. The first-order valence-corrected chi connectivity index (χ1v) is 6.65. The van der Waals surface area contributed by atoms with Crippen LogP contribution in [0.3, 0.4) is 0 Å². The lowest BCUT2D eigenvalue weighted by Gasteiger charge is -2.04. The van der Waals surface area contributed by atoms with Gasteiger partial charge < -0.3 is 10.1 Å². The number of ketones is 1. The zero-order valence-corrected chi connectivity index (χ0v) is 12.5. The Morgan fingerprint density at radius 2 is 2.15 bits per heavy atom. The Labute approximate surface area is 123 Å². The van der Waals surface area contributed by atoms with Crippen LogP contribution in [0.4, 0.5) is 5.82 Å². The Kier molecular flexibility index (Phi) is 3.99. The van der Waals surface area contributed by atoms with Crippen molar-refractivity contribution in [2.45, 2.75) is 20.4 Å². The van der Waals surface area contributed by atoms with Crippen LogP contribution in [-0.2, 0) is 6.54 Å². The van der Waals surface area contributed by atoms with E-state index in [0.29, 0.717) is 5.56 Å². The van der Waals surface area contributed by atoms with Gasteiger partial charge >= 0.3 is 5.82 Å². The van der Waals surface area contributed by atoms with Crippen LogP contribution in [0.2, 0.25) is 0 Å². The first-order chi connectivity index (χ1) is 9.38. The average Bonchev–Trinajstić information content (AvgIpc) is 2.73. The Hall–Kier alpha value is -2.02. The van der Waals surface area contributed by atoms with Gasteiger partial charge in [-0.25, -0.2) is 0 Å². The molecule has 0 aliphatic rings. The van der Waals surface area contributed by atoms with Crippen molar-refractivity contribution in [3.63, 3.8) is 0 Å². The highest BCUT2D eigenvalue weighted by Crippen LogP contribution is 2.22. The van der Waals surface area contributed by atoms with Crippen molar-refractivity contribution in [2.75, 3.05) is 0 Å². The highest BCUT2D eigenvalue weighted by atomic mass is 79.9. The summed E-state index contributed by atoms with van der Waals surface area (Å²) in [6.45, 7) is 3.73. The summed E-state index contributed by atoms with van der Waals surface area (Å²) in [7, 11) is 0. The van der Waals surface area contributed by atoms with Crippen LogP contribution in [0, 0.1) is 24.0 Å². The van der Waals surface area contributed by atoms with E-state index >= 15 is 0 Å². The largest absolute Gasteiger partial charge is 0.404 e. The van der Waals surface area contributed by atoms with Crippen LogP contribution < -0.4 is 0 Å². The van der Waals surface area contributed by atoms with Crippen LogP contribution in [0.5, 0.6) is 0 Å². The van der Waals surface area contributed by atoms with Crippen LogP contribution in [0.1, 0.15) is 21.5 Å². The second-order valence-corrected chi connectivity index (χ2v) is 5.35. The standard InChI is InChI=1S/C13H12BrN3O3/c1-8-3-4-9(2)10(5-8)12(18)7-16-6-11(14)13(15-16)17(19)20/h3-6H,7H2,1-2H3. The topological polar surface area (TPSA) is 78.0 Å². The highest BCUT2D eigenvalue weighted by Gasteiger charge is 2.20. The molecule has 0 amide bonds. The number of hydrogen-bond donors (Lipinski definition) is 0. The summed E-state index contributed by atoms with van der Waals surface area (Å²) in [5.74, 6) is -0.421. The maximum Gasteiger partial charge on any atom is 0.404 e. The minimum Gasteiger partial charge on any atom is -0.358 e. The summed E-state index contributed by atoms with van der Waals surface area (Å²) in [6.07, 6.45) is 1.43. The number of rotatable bonds is 4. The molecule has 20 heavy (non-hydrogen) atoms. The number of carbonyl (C=O) groups is 1. The molecule has 1 aromatic carbocycles. The molecule has 0 spiro atoms. The monoisotopic (exact) mass is 337 g/mol. The Balaban J connectivity index is 2.26. The lowest BCUT2D eigenvalue weighted by atomic mass is 10.0. The van der Waals surface area contributed by atoms with Gasteiger partial charge in [-0.1, -0.05) is 17.7 Å². The van der Waals surface area contributed by atoms with Crippen LogP contribution >= 0.6 is 15.9 Å². The molecule has 0 fully saturated rings. The first kappa shape index (κ1) is 14.4. The highest BCUT2D eigenvalue weighted by molar-refractivity contribution is 9.10. The van der Waals surface area contributed by atoms with E-state index in [0.717, 1.165) is 11.1 Å². The lowest BCUT2D eigenvalue weighted by molar-refractivity contribution is -0.390. The van der Waals surface area contributed by atoms with E-state index < -0.39 is 4.92 Å². The van der Waals surface area contributed by atoms with E-state index in [4.69, 9.17) is 0 Å². The van der Waals surface area contributed by atoms with Crippen molar-refractivity contribution in [2.24, 2.45) is 0 Å².